The number of allylic oxidation sites excluding steroid dienone is 2. The predicted octanol–water partition coefficient (Wildman–Crippen LogP) is 3.96. The van der Waals surface area contributed by atoms with Crippen LogP contribution in [0.25, 0.3) is 0 Å². The van der Waals surface area contributed by atoms with Gasteiger partial charge < -0.3 is 5.32 Å². The molecule has 1 aliphatic rings. The van der Waals surface area contributed by atoms with Gasteiger partial charge >= 0.3 is 0 Å². The van der Waals surface area contributed by atoms with E-state index in [1.54, 1.807) is 6.08 Å². The summed E-state index contributed by atoms with van der Waals surface area (Å²) >= 11 is 2.34. The van der Waals surface area contributed by atoms with Crippen molar-refractivity contribution in [2.75, 3.05) is 5.32 Å². The van der Waals surface area contributed by atoms with Crippen LogP contribution >= 0.6 is 22.6 Å². The van der Waals surface area contributed by atoms with Crippen molar-refractivity contribution in [2.24, 2.45) is 0 Å². The lowest BCUT2D eigenvalue weighted by atomic mass is 10.0. The molecule has 0 unspecified atom stereocenters. The first-order valence-corrected chi connectivity index (χ1v) is 6.91. The molecule has 0 bridgehead atoms. The van der Waals surface area contributed by atoms with E-state index in [0.29, 0.717) is 6.42 Å². The lowest BCUT2D eigenvalue weighted by molar-refractivity contribution is -0.115. The van der Waals surface area contributed by atoms with Crippen molar-refractivity contribution in [3.05, 3.63) is 38.6 Å². The minimum absolute atomic E-state index is 0.235. The zero-order valence-electron chi connectivity index (χ0n) is 10.1. The maximum absolute atomic E-state index is 11.4. The Kier molecular flexibility index (Phi) is 3.86. The quantitative estimate of drug-likeness (QED) is 0.825. The fraction of sp³-hybridized carbons (Fsp3) is 0.357. The van der Waals surface area contributed by atoms with Crippen molar-refractivity contribution >= 4 is 34.1 Å². The molecule has 90 valence electrons. The van der Waals surface area contributed by atoms with Crippen molar-refractivity contribution in [3.63, 3.8) is 0 Å². The Morgan fingerprint density at radius 1 is 1.24 bits per heavy atom. The Hall–Kier alpha value is -0.840. The average Bonchev–Trinajstić information content (AvgIpc) is 2.23. The monoisotopic (exact) mass is 341 g/mol. The first-order chi connectivity index (χ1) is 8.06. The second-order valence-corrected chi connectivity index (χ2v) is 5.72. The SMILES string of the molecule is Cc1cc(C)c(NC2=CC(=O)CCC2)c(I)c1. The Labute approximate surface area is 116 Å². The van der Waals surface area contributed by atoms with E-state index in [1.807, 2.05) is 0 Å². The molecule has 0 amide bonds. The van der Waals surface area contributed by atoms with E-state index in [1.165, 1.54) is 14.7 Å². The number of aryl methyl sites for hydroxylation is 2. The molecule has 0 heterocycles. The van der Waals surface area contributed by atoms with Gasteiger partial charge in [-0.05, 0) is 66.5 Å². The summed E-state index contributed by atoms with van der Waals surface area (Å²) in [6.07, 6.45) is 4.36. The van der Waals surface area contributed by atoms with E-state index < -0.39 is 0 Å². The zero-order chi connectivity index (χ0) is 12.4. The van der Waals surface area contributed by atoms with Crippen LogP contribution in [0, 0.1) is 17.4 Å². The molecule has 2 nitrogen and oxygen atoms in total. The summed E-state index contributed by atoms with van der Waals surface area (Å²) in [4.78, 5) is 11.4. The summed E-state index contributed by atoms with van der Waals surface area (Å²) < 4.78 is 1.21. The van der Waals surface area contributed by atoms with Gasteiger partial charge in [-0.2, -0.15) is 0 Å². The second-order valence-electron chi connectivity index (χ2n) is 4.55. The molecule has 0 spiro atoms. The topological polar surface area (TPSA) is 29.1 Å². The fourth-order valence-electron chi connectivity index (χ4n) is 2.12. The molecule has 2 rings (SSSR count). The lowest BCUT2D eigenvalue weighted by Gasteiger charge is -2.17. The number of halogens is 1. The summed E-state index contributed by atoms with van der Waals surface area (Å²) in [6.45, 7) is 4.20. The number of hydrogen-bond donors (Lipinski definition) is 1. The van der Waals surface area contributed by atoms with Gasteiger partial charge in [0.1, 0.15) is 0 Å². The van der Waals surface area contributed by atoms with Crippen molar-refractivity contribution in [1.29, 1.82) is 0 Å². The summed E-state index contributed by atoms with van der Waals surface area (Å²) in [5.41, 5.74) is 4.68. The van der Waals surface area contributed by atoms with Crippen LogP contribution < -0.4 is 5.32 Å². The smallest absolute Gasteiger partial charge is 0.157 e. The predicted molar refractivity (Wildman–Crippen MR) is 79.2 cm³/mol. The molecule has 0 radical (unpaired) electrons. The highest BCUT2D eigenvalue weighted by molar-refractivity contribution is 14.1. The summed E-state index contributed by atoms with van der Waals surface area (Å²) in [6, 6.07) is 4.32. The van der Waals surface area contributed by atoms with Crippen LogP contribution in [0.3, 0.4) is 0 Å². The van der Waals surface area contributed by atoms with Gasteiger partial charge in [0, 0.05) is 21.8 Å². The third kappa shape index (κ3) is 3.09. The van der Waals surface area contributed by atoms with Gasteiger partial charge in [0.25, 0.3) is 0 Å². The number of anilines is 1. The minimum Gasteiger partial charge on any atom is -0.358 e. The van der Waals surface area contributed by atoms with Gasteiger partial charge in [0.05, 0.1) is 5.69 Å². The number of carbonyl (C=O) groups is 1. The van der Waals surface area contributed by atoms with Gasteiger partial charge in [-0.3, -0.25) is 4.79 Å². The van der Waals surface area contributed by atoms with Crippen LogP contribution in [0.5, 0.6) is 0 Å². The van der Waals surface area contributed by atoms with Crippen LogP contribution in [0.15, 0.2) is 23.9 Å². The largest absolute Gasteiger partial charge is 0.358 e. The molecular weight excluding hydrogens is 325 g/mol. The van der Waals surface area contributed by atoms with Gasteiger partial charge in [0.15, 0.2) is 5.78 Å². The Bertz CT molecular complexity index is 468. The number of ketones is 1. The number of nitrogens with one attached hydrogen (secondary N) is 1. The maximum atomic E-state index is 11.4. The number of benzene rings is 1. The summed E-state index contributed by atoms with van der Waals surface area (Å²) in [5, 5.41) is 3.41. The van der Waals surface area contributed by atoms with Gasteiger partial charge in [-0.1, -0.05) is 6.07 Å². The molecule has 0 fully saturated rings. The van der Waals surface area contributed by atoms with E-state index in [2.05, 4.69) is 53.9 Å². The van der Waals surface area contributed by atoms with Crippen molar-refractivity contribution in [2.45, 2.75) is 33.1 Å². The molecule has 0 atom stereocenters. The Morgan fingerprint density at radius 3 is 2.65 bits per heavy atom. The van der Waals surface area contributed by atoms with Crippen LogP contribution in [-0.2, 0) is 4.79 Å². The first kappa shape index (κ1) is 12.6. The molecule has 1 aromatic rings. The highest BCUT2D eigenvalue weighted by atomic mass is 127. The summed E-state index contributed by atoms with van der Waals surface area (Å²) in [5.74, 6) is 0.235. The molecule has 3 heteroatoms. The molecule has 0 saturated carbocycles. The van der Waals surface area contributed by atoms with Gasteiger partial charge in [-0.25, -0.2) is 0 Å². The van der Waals surface area contributed by atoms with E-state index in [-0.39, 0.29) is 5.78 Å². The van der Waals surface area contributed by atoms with Crippen LogP contribution in [0.2, 0.25) is 0 Å². The molecule has 1 aromatic carbocycles. The van der Waals surface area contributed by atoms with Crippen molar-refractivity contribution in [3.8, 4) is 0 Å². The number of carbonyl (C=O) groups excluding carboxylic acids is 1. The van der Waals surface area contributed by atoms with Gasteiger partial charge in [-0.15, -0.1) is 0 Å². The van der Waals surface area contributed by atoms with E-state index >= 15 is 0 Å². The third-order valence-corrected chi connectivity index (χ3v) is 3.77. The molecule has 0 aromatic heterocycles. The molecule has 1 aliphatic carbocycles. The van der Waals surface area contributed by atoms with Crippen LogP contribution in [0.1, 0.15) is 30.4 Å². The van der Waals surface area contributed by atoms with Crippen LogP contribution in [0.4, 0.5) is 5.69 Å². The molecule has 1 N–H and O–H groups in total. The van der Waals surface area contributed by atoms with Crippen molar-refractivity contribution < 1.29 is 4.79 Å². The van der Waals surface area contributed by atoms with Crippen molar-refractivity contribution in [1.82, 2.24) is 0 Å². The highest BCUT2D eigenvalue weighted by Crippen LogP contribution is 2.27. The standard InChI is InChI=1S/C14H16INO/c1-9-6-10(2)14(13(15)7-9)16-11-4-3-5-12(17)8-11/h6-8,16H,3-5H2,1-2H3. The van der Waals surface area contributed by atoms with E-state index in [0.717, 1.165) is 24.2 Å². The fourth-order valence-corrected chi connectivity index (χ4v) is 3.18. The zero-order valence-corrected chi connectivity index (χ0v) is 12.3. The minimum atomic E-state index is 0.235. The highest BCUT2D eigenvalue weighted by Gasteiger charge is 2.12. The molecular formula is C14H16INO. The Morgan fingerprint density at radius 2 is 2.00 bits per heavy atom. The Balaban J connectivity index is 2.27. The molecule has 0 aliphatic heterocycles. The van der Waals surface area contributed by atoms with E-state index in [4.69, 9.17) is 0 Å². The number of hydrogen-bond acceptors (Lipinski definition) is 2. The average molecular weight is 341 g/mol. The lowest BCUT2D eigenvalue weighted by Crippen LogP contribution is -2.10. The van der Waals surface area contributed by atoms with Crippen LogP contribution in [-0.4, -0.2) is 5.78 Å². The normalized spacial score (nSPS) is 15.7. The maximum Gasteiger partial charge on any atom is 0.157 e. The second kappa shape index (κ2) is 5.21. The number of rotatable bonds is 2. The molecule has 17 heavy (non-hydrogen) atoms. The third-order valence-electron chi connectivity index (χ3n) is 2.92. The first-order valence-electron chi connectivity index (χ1n) is 5.83. The summed E-state index contributed by atoms with van der Waals surface area (Å²) in [7, 11) is 0. The molecule has 0 saturated heterocycles. The van der Waals surface area contributed by atoms with E-state index in [9.17, 15) is 4.79 Å². The van der Waals surface area contributed by atoms with Gasteiger partial charge in [0.2, 0.25) is 0 Å².